The standard InChI is InChI=1S/C17H22FN3/c18-16-14(10-19)4-1-5-15(16)11-21-9-3-7-17(13-21)6-2-8-20-12-17/h1,4-5,20H,2-3,6-9,11-13H2. The third-order valence-corrected chi connectivity index (χ3v) is 4.89. The molecule has 2 aliphatic rings. The Kier molecular flexibility index (Phi) is 4.23. The van der Waals surface area contributed by atoms with Gasteiger partial charge in [0, 0.05) is 25.2 Å². The minimum atomic E-state index is -0.346. The average molecular weight is 287 g/mol. The van der Waals surface area contributed by atoms with Crippen molar-refractivity contribution in [3.63, 3.8) is 0 Å². The third kappa shape index (κ3) is 3.09. The summed E-state index contributed by atoms with van der Waals surface area (Å²) in [7, 11) is 0. The number of likely N-dealkylation sites (tertiary alicyclic amines) is 1. The first-order valence-corrected chi connectivity index (χ1v) is 7.83. The van der Waals surface area contributed by atoms with Gasteiger partial charge in [-0.3, -0.25) is 4.90 Å². The summed E-state index contributed by atoms with van der Waals surface area (Å²) in [5.74, 6) is -0.346. The number of hydrogen-bond acceptors (Lipinski definition) is 3. The molecule has 0 bridgehead atoms. The van der Waals surface area contributed by atoms with Gasteiger partial charge in [0.05, 0.1) is 5.56 Å². The lowest BCUT2D eigenvalue weighted by molar-refractivity contribution is 0.0594. The molecule has 0 saturated carbocycles. The molecule has 3 rings (SSSR count). The first kappa shape index (κ1) is 14.5. The predicted molar refractivity (Wildman–Crippen MR) is 80.2 cm³/mol. The monoisotopic (exact) mass is 287 g/mol. The summed E-state index contributed by atoms with van der Waals surface area (Å²) < 4.78 is 14.2. The molecule has 0 amide bonds. The highest BCUT2D eigenvalue weighted by molar-refractivity contribution is 5.34. The Morgan fingerprint density at radius 2 is 2.19 bits per heavy atom. The molecule has 2 heterocycles. The molecule has 1 aromatic rings. The van der Waals surface area contributed by atoms with Crippen molar-refractivity contribution in [2.45, 2.75) is 32.2 Å². The maximum absolute atomic E-state index is 14.2. The molecule has 1 atom stereocenters. The highest BCUT2D eigenvalue weighted by atomic mass is 19.1. The van der Waals surface area contributed by atoms with Crippen LogP contribution in [0, 0.1) is 22.6 Å². The smallest absolute Gasteiger partial charge is 0.145 e. The lowest BCUT2D eigenvalue weighted by Crippen LogP contribution is -2.50. The normalized spacial score (nSPS) is 26.7. The molecule has 112 valence electrons. The average Bonchev–Trinajstić information content (AvgIpc) is 2.50. The zero-order valence-electron chi connectivity index (χ0n) is 12.4. The summed E-state index contributed by atoms with van der Waals surface area (Å²) in [6, 6.07) is 7.05. The lowest BCUT2D eigenvalue weighted by atomic mass is 9.74. The lowest BCUT2D eigenvalue weighted by Gasteiger charge is -2.45. The van der Waals surface area contributed by atoms with Crippen molar-refractivity contribution in [3.8, 4) is 6.07 Å². The highest BCUT2D eigenvalue weighted by Gasteiger charge is 2.36. The van der Waals surface area contributed by atoms with Crippen LogP contribution in [0.5, 0.6) is 0 Å². The van der Waals surface area contributed by atoms with Crippen molar-refractivity contribution in [1.29, 1.82) is 5.26 Å². The Morgan fingerprint density at radius 1 is 1.33 bits per heavy atom. The fraction of sp³-hybridized carbons (Fsp3) is 0.588. The molecule has 0 aromatic heterocycles. The number of benzene rings is 1. The van der Waals surface area contributed by atoms with Crippen LogP contribution >= 0.6 is 0 Å². The van der Waals surface area contributed by atoms with Gasteiger partial charge in [0.2, 0.25) is 0 Å². The summed E-state index contributed by atoms with van der Waals surface area (Å²) in [6.07, 6.45) is 4.97. The number of nitrogens with one attached hydrogen (secondary N) is 1. The van der Waals surface area contributed by atoms with Crippen molar-refractivity contribution in [2.75, 3.05) is 26.2 Å². The molecular weight excluding hydrogens is 265 g/mol. The molecule has 4 heteroatoms. The molecule has 0 radical (unpaired) electrons. The van der Waals surface area contributed by atoms with Crippen molar-refractivity contribution in [3.05, 3.63) is 35.1 Å². The molecule has 1 spiro atoms. The molecular formula is C17H22FN3. The number of halogens is 1. The van der Waals surface area contributed by atoms with Crippen LogP contribution < -0.4 is 5.32 Å². The van der Waals surface area contributed by atoms with Crippen LogP contribution in [0.25, 0.3) is 0 Å². The maximum Gasteiger partial charge on any atom is 0.145 e. The van der Waals surface area contributed by atoms with Gasteiger partial charge in [-0.05, 0) is 50.3 Å². The Bertz CT molecular complexity index is 538. The van der Waals surface area contributed by atoms with Gasteiger partial charge in [0.1, 0.15) is 11.9 Å². The summed E-state index contributed by atoms with van der Waals surface area (Å²) in [6.45, 7) is 4.89. The van der Waals surface area contributed by atoms with Crippen LogP contribution in [0.2, 0.25) is 0 Å². The summed E-state index contributed by atoms with van der Waals surface area (Å²) in [5, 5.41) is 12.5. The molecule has 1 unspecified atom stereocenters. The van der Waals surface area contributed by atoms with Gasteiger partial charge < -0.3 is 5.32 Å². The number of nitrogens with zero attached hydrogens (tertiary/aromatic N) is 2. The summed E-state index contributed by atoms with van der Waals surface area (Å²) in [4.78, 5) is 2.36. The van der Waals surface area contributed by atoms with E-state index in [4.69, 9.17) is 5.26 Å². The van der Waals surface area contributed by atoms with E-state index in [1.165, 1.54) is 25.7 Å². The molecule has 2 saturated heterocycles. The predicted octanol–water partition coefficient (Wildman–Crippen LogP) is 2.66. The zero-order chi connectivity index (χ0) is 14.7. The Balaban J connectivity index is 1.72. The van der Waals surface area contributed by atoms with E-state index in [0.717, 1.165) is 26.2 Å². The number of hydrogen-bond donors (Lipinski definition) is 1. The fourth-order valence-corrected chi connectivity index (χ4v) is 3.85. The molecule has 21 heavy (non-hydrogen) atoms. The molecule has 2 aliphatic heterocycles. The largest absolute Gasteiger partial charge is 0.316 e. The zero-order valence-corrected chi connectivity index (χ0v) is 12.4. The van der Waals surface area contributed by atoms with Gasteiger partial charge in [-0.2, -0.15) is 5.26 Å². The number of rotatable bonds is 2. The Hall–Kier alpha value is -1.44. The first-order chi connectivity index (χ1) is 10.2. The van der Waals surface area contributed by atoms with Gasteiger partial charge in [-0.15, -0.1) is 0 Å². The van der Waals surface area contributed by atoms with Crippen molar-refractivity contribution < 1.29 is 4.39 Å². The van der Waals surface area contributed by atoms with E-state index in [1.807, 2.05) is 6.07 Å². The quantitative estimate of drug-likeness (QED) is 0.909. The first-order valence-electron chi connectivity index (χ1n) is 7.83. The summed E-state index contributed by atoms with van der Waals surface area (Å²) >= 11 is 0. The second-order valence-electron chi connectivity index (χ2n) is 6.49. The maximum atomic E-state index is 14.2. The second kappa shape index (κ2) is 6.13. The second-order valence-corrected chi connectivity index (χ2v) is 6.49. The molecule has 3 nitrogen and oxygen atoms in total. The number of piperidine rings is 2. The third-order valence-electron chi connectivity index (χ3n) is 4.89. The van der Waals surface area contributed by atoms with Crippen LogP contribution in [0.15, 0.2) is 18.2 Å². The van der Waals surface area contributed by atoms with Crippen molar-refractivity contribution in [2.24, 2.45) is 5.41 Å². The Morgan fingerprint density at radius 3 is 2.95 bits per heavy atom. The minimum absolute atomic E-state index is 0.151. The SMILES string of the molecule is N#Cc1cccc(CN2CCCC3(CCCNC3)C2)c1F. The molecule has 0 aliphatic carbocycles. The highest BCUT2D eigenvalue weighted by Crippen LogP contribution is 2.36. The van der Waals surface area contributed by atoms with E-state index in [9.17, 15) is 4.39 Å². The van der Waals surface area contributed by atoms with E-state index in [2.05, 4.69) is 10.2 Å². The van der Waals surface area contributed by atoms with E-state index in [1.54, 1.807) is 18.2 Å². The van der Waals surface area contributed by atoms with E-state index in [-0.39, 0.29) is 11.4 Å². The van der Waals surface area contributed by atoms with Gasteiger partial charge >= 0.3 is 0 Å². The van der Waals surface area contributed by atoms with Crippen molar-refractivity contribution in [1.82, 2.24) is 10.2 Å². The fourth-order valence-electron chi connectivity index (χ4n) is 3.85. The van der Waals surface area contributed by atoms with Crippen molar-refractivity contribution >= 4 is 0 Å². The van der Waals surface area contributed by atoms with Crippen LogP contribution in [0.4, 0.5) is 4.39 Å². The van der Waals surface area contributed by atoms with Crippen LogP contribution in [0.1, 0.15) is 36.8 Å². The van der Waals surface area contributed by atoms with Crippen LogP contribution in [-0.4, -0.2) is 31.1 Å². The summed E-state index contributed by atoms with van der Waals surface area (Å²) in [5.41, 5.74) is 1.17. The van der Waals surface area contributed by atoms with Gasteiger partial charge in [0.25, 0.3) is 0 Å². The van der Waals surface area contributed by atoms with Crippen LogP contribution in [-0.2, 0) is 6.54 Å². The molecule has 2 fully saturated rings. The Labute approximate surface area is 125 Å². The minimum Gasteiger partial charge on any atom is -0.316 e. The number of nitriles is 1. The van der Waals surface area contributed by atoms with E-state index >= 15 is 0 Å². The van der Waals surface area contributed by atoms with Gasteiger partial charge in [-0.1, -0.05) is 12.1 Å². The van der Waals surface area contributed by atoms with Crippen LogP contribution in [0.3, 0.4) is 0 Å². The molecule has 1 N–H and O–H groups in total. The van der Waals surface area contributed by atoms with E-state index in [0.29, 0.717) is 17.5 Å². The van der Waals surface area contributed by atoms with Gasteiger partial charge in [0.15, 0.2) is 0 Å². The molecule has 1 aromatic carbocycles. The van der Waals surface area contributed by atoms with Gasteiger partial charge in [-0.25, -0.2) is 4.39 Å². The van der Waals surface area contributed by atoms with E-state index < -0.39 is 0 Å². The topological polar surface area (TPSA) is 39.1 Å².